The maximum absolute atomic E-state index is 11.7. The summed E-state index contributed by atoms with van der Waals surface area (Å²) in [7, 11) is 0. The number of carbonyl (C=O) groups excluding carboxylic acids is 1. The van der Waals surface area contributed by atoms with Crippen molar-refractivity contribution >= 4 is 17.7 Å². The topological polar surface area (TPSA) is 41.6 Å². The molecule has 1 N–H and O–H groups in total. The number of halogens is 1. The van der Waals surface area contributed by atoms with Gasteiger partial charge in [-0.15, -0.1) is 0 Å². The molecule has 1 aromatic carbocycles. The fraction of sp³-hybridized carbons (Fsp3) is 0.562. The predicted molar refractivity (Wildman–Crippen MR) is 84.6 cm³/mol. The molecule has 1 atom stereocenters. The minimum atomic E-state index is -0.193. The molecule has 1 aromatic rings. The van der Waals surface area contributed by atoms with Crippen molar-refractivity contribution in [3.63, 3.8) is 0 Å². The average Bonchev–Trinajstić information content (AvgIpc) is 2.49. The van der Waals surface area contributed by atoms with Gasteiger partial charge in [-0.05, 0) is 44.4 Å². The Morgan fingerprint density at radius 3 is 2.57 bits per heavy atom. The van der Waals surface area contributed by atoms with Crippen molar-refractivity contribution in [1.29, 1.82) is 0 Å². The van der Waals surface area contributed by atoms with Crippen LogP contribution in [0.4, 0.5) is 4.79 Å². The highest BCUT2D eigenvalue weighted by Crippen LogP contribution is 2.19. The lowest BCUT2D eigenvalue weighted by molar-refractivity contribution is 0.0944. The highest BCUT2D eigenvalue weighted by atomic mass is 35.5. The zero-order valence-electron chi connectivity index (χ0n) is 12.6. The molecule has 21 heavy (non-hydrogen) atoms. The first-order valence-electron chi connectivity index (χ1n) is 7.53. The summed E-state index contributed by atoms with van der Waals surface area (Å²) in [5.74, 6) is 0. The number of piperidine rings is 1. The number of hydrogen-bond donors (Lipinski definition) is 1. The van der Waals surface area contributed by atoms with Gasteiger partial charge in [-0.25, -0.2) is 4.79 Å². The van der Waals surface area contributed by atoms with Crippen LogP contribution in [0.5, 0.6) is 0 Å². The predicted octanol–water partition coefficient (Wildman–Crippen LogP) is 3.61. The molecule has 4 nitrogen and oxygen atoms in total. The Balaban J connectivity index is 1.80. The van der Waals surface area contributed by atoms with E-state index in [2.05, 4.69) is 12.2 Å². The van der Waals surface area contributed by atoms with Gasteiger partial charge in [-0.3, -0.25) is 0 Å². The van der Waals surface area contributed by atoms with Gasteiger partial charge in [-0.1, -0.05) is 23.7 Å². The maximum Gasteiger partial charge on any atom is 0.409 e. The van der Waals surface area contributed by atoms with Crippen LogP contribution in [0.25, 0.3) is 0 Å². The Hall–Kier alpha value is -1.26. The smallest absolute Gasteiger partial charge is 0.409 e. The number of amides is 1. The molecule has 1 aliphatic heterocycles. The van der Waals surface area contributed by atoms with Crippen molar-refractivity contribution in [2.24, 2.45) is 0 Å². The third kappa shape index (κ3) is 4.61. The first-order chi connectivity index (χ1) is 10.1. The van der Waals surface area contributed by atoms with Gasteiger partial charge in [0.1, 0.15) is 0 Å². The number of nitrogens with one attached hydrogen (secondary N) is 1. The molecule has 1 heterocycles. The van der Waals surface area contributed by atoms with Crippen LogP contribution in [0.15, 0.2) is 24.3 Å². The number of rotatable bonds is 4. The average molecular weight is 311 g/mol. The molecule has 1 amide bonds. The molecule has 1 fully saturated rings. The second-order valence-electron chi connectivity index (χ2n) is 5.40. The quantitative estimate of drug-likeness (QED) is 0.923. The third-order valence-electron chi connectivity index (χ3n) is 3.88. The molecule has 0 spiro atoms. The number of carbonyl (C=O) groups is 1. The summed E-state index contributed by atoms with van der Waals surface area (Å²) in [6.45, 7) is 5.93. The Labute approximate surface area is 131 Å². The van der Waals surface area contributed by atoms with E-state index in [1.165, 1.54) is 5.56 Å². The fourth-order valence-corrected chi connectivity index (χ4v) is 2.77. The van der Waals surface area contributed by atoms with Crippen molar-refractivity contribution in [3.05, 3.63) is 34.9 Å². The van der Waals surface area contributed by atoms with E-state index < -0.39 is 0 Å². The molecule has 116 valence electrons. The number of hydrogen-bond acceptors (Lipinski definition) is 3. The van der Waals surface area contributed by atoms with Crippen molar-refractivity contribution in [3.8, 4) is 0 Å². The molecule has 0 unspecified atom stereocenters. The normalized spacial score (nSPS) is 17.6. The number of nitrogens with zero attached hydrogens (tertiary/aromatic N) is 1. The van der Waals surface area contributed by atoms with E-state index in [-0.39, 0.29) is 12.1 Å². The van der Waals surface area contributed by atoms with Crippen molar-refractivity contribution < 1.29 is 9.53 Å². The van der Waals surface area contributed by atoms with Crippen LogP contribution in [-0.2, 0) is 4.74 Å². The zero-order valence-corrected chi connectivity index (χ0v) is 13.4. The number of likely N-dealkylation sites (tertiary alicyclic amines) is 1. The minimum Gasteiger partial charge on any atom is -0.450 e. The number of ether oxygens (including phenoxy) is 1. The molecule has 0 saturated carbocycles. The zero-order chi connectivity index (χ0) is 15.2. The van der Waals surface area contributed by atoms with Gasteiger partial charge in [0.2, 0.25) is 0 Å². The third-order valence-corrected chi connectivity index (χ3v) is 4.13. The summed E-state index contributed by atoms with van der Waals surface area (Å²) in [5.41, 5.74) is 1.23. The molecule has 2 rings (SSSR count). The highest BCUT2D eigenvalue weighted by Gasteiger charge is 2.24. The van der Waals surface area contributed by atoms with Crippen LogP contribution in [0.3, 0.4) is 0 Å². The van der Waals surface area contributed by atoms with E-state index in [1.54, 1.807) is 4.90 Å². The van der Waals surface area contributed by atoms with E-state index in [1.807, 2.05) is 31.2 Å². The second-order valence-corrected chi connectivity index (χ2v) is 5.84. The lowest BCUT2D eigenvalue weighted by Crippen LogP contribution is -2.45. The number of benzene rings is 1. The van der Waals surface area contributed by atoms with Crippen LogP contribution in [-0.4, -0.2) is 36.7 Å². The monoisotopic (exact) mass is 310 g/mol. The van der Waals surface area contributed by atoms with Crippen molar-refractivity contribution in [1.82, 2.24) is 10.2 Å². The molecule has 5 heteroatoms. The minimum absolute atomic E-state index is 0.193. The van der Waals surface area contributed by atoms with Gasteiger partial charge >= 0.3 is 6.09 Å². The van der Waals surface area contributed by atoms with Gasteiger partial charge in [0.15, 0.2) is 0 Å². The summed E-state index contributed by atoms with van der Waals surface area (Å²) in [6.07, 6.45) is 1.72. The van der Waals surface area contributed by atoms with Gasteiger partial charge in [0.05, 0.1) is 6.61 Å². The first-order valence-corrected chi connectivity index (χ1v) is 7.91. The standard InChI is InChI=1S/C16H23ClN2O2/c1-3-21-16(20)19-10-8-15(9-11-19)18-12(2)13-4-6-14(17)7-5-13/h4-7,12,15,18H,3,8-11H2,1-2H3/t12-/m0/s1. The molecule has 0 aromatic heterocycles. The second kappa shape index (κ2) is 7.66. The van der Waals surface area contributed by atoms with Gasteiger partial charge < -0.3 is 15.0 Å². The SMILES string of the molecule is CCOC(=O)N1CCC(N[C@@H](C)c2ccc(Cl)cc2)CC1. The molecule has 0 radical (unpaired) electrons. The summed E-state index contributed by atoms with van der Waals surface area (Å²) >= 11 is 5.91. The summed E-state index contributed by atoms with van der Waals surface area (Å²) in [4.78, 5) is 13.4. The summed E-state index contributed by atoms with van der Waals surface area (Å²) in [6, 6.07) is 8.64. The lowest BCUT2D eigenvalue weighted by atomic mass is 10.0. The van der Waals surface area contributed by atoms with Gasteiger partial charge in [0.25, 0.3) is 0 Å². The molecule has 1 saturated heterocycles. The van der Waals surface area contributed by atoms with Gasteiger partial charge in [-0.2, -0.15) is 0 Å². The lowest BCUT2D eigenvalue weighted by Gasteiger charge is -2.33. The van der Waals surface area contributed by atoms with Crippen LogP contribution in [0, 0.1) is 0 Å². The molecule has 0 aliphatic carbocycles. The van der Waals surface area contributed by atoms with Gasteiger partial charge in [0, 0.05) is 30.2 Å². The molecule has 0 bridgehead atoms. The summed E-state index contributed by atoms with van der Waals surface area (Å²) in [5, 5.41) is 4.38. The van der Waals surface area contributed by atoms with Crippen LogP contribution < -0.4 is 5.32 Å². The Morgan fingerprint density at radius 1 is 1.38 bits per heavy atom. The maximum atomic E-state index is 11.7. The fourth-order valence-electron chi connectivity index (χ4n) is 2.64. The van der Waals surface area contributed by atoms with E-state index in [9.17, 15) is 4.79 Å². The molecular formula is C16H23ClN2O2. The van der Waals surface area contributed by atoms with Crippen molar-refractivity contribution in [2.45, 2.75) is 38.8 Å². The van der Waals surface area contributed by atoms with E-state index >= 15 is 0 Å². The largest absolute Gasteiger partial charge is 0.450 e. The van der Waals surface area contributed by atoms with Crippen LogP contribution >= 0.6 is 11.6 Å². The Morgan fingerprint density at radius 2 is 2.00 bits per heavy atom. The molecular weight excluding hydrogens is 288 g/mol. The first kappa shape index (κ1) is 16.1. The molecule has 1 aliphatic rings. The van der Waals surface area contributed by atoms with E-state index in [0.29, 0.717) is 12.6 Å². The summed E-state index contributed by atoms with van der Waals surface area (Å²) < 4.78 is 5.03. The van der Waals surface area contributed by atoms with Crippen molar-refractivity contribution in [2.75, 3.05) is 19.7 Å². The Kier molecular flexibility index (Phi) is 5.88. The Bertz CT molecular complexity index is 456. The van der Waals surface area contributed by atoms with Crippen LogP contribution in [0.1, 0.15) is 38.3 Å². The van der Waals surface area contributed by atoms with E-state index in [4.69, 9.17) is 16.3 Å². The highest BCUT2D eigenvalue weighted by molar-refractivity contribution is 6.30. The van der Waals surface area contributed by atoms with E-state index in [0.717, 1.165) is 31.0 Å². The van der Waals surface area contributed by atoms with Crippen LogP contribution in [0.2, 0.25) is 5.02 Å².